The molecule has 1 N–H and O–H groups in total. The zero-order chi connectivity index (χ0) is 14.8. The lowest BCUT2D eigenvalue weighted by Gasteiger charge is -2.27. The van der Waals surface area contributed by atoms with Crippen LogP contribution in [0.5, 0.6) is 0 Å². The number of piperidine rings is 1. The second-order valence-electron chi connectivity index (χ2n) is 5.39. The van der Waals surface area contributed by atoms with Gasteiger partial charge in [0.25, 0.3) is 0 Å². The summed E-state index contributed by atoms with van der Waals surface area (Å²) in [5.41, 5.74) is 0.783. The molecule has 4 nitrogen and oxygen atoms in total. The number of sulfonamides is 1. The van der Waals surface area contributed by atoms with Crippen LogP contribution in [0.2, 0.25) is 0 Å². The van der Waals surface area contributed by atoms with Crippen LogP contribution in [0.4, 0.5) is 0 Å². The second-order valence-corrected chi connectivity index (χ2v) is 8.32. The van der Waals surface area contributed by atoms with E-state index in [0.29, 0.717) is 17.4 Å². The van der Waals surface area contributed by atoms with Crippen molar-refractivity contribution in [3.63, 3.8) is 0 Å². The van der Waals surface area contributed by atoms with E-state index in [9.17, 15) is 8.42 Å². The van der Waals surface area contributed by atoms with Crippen LogP contribution in [0.25, 0.3) is 0 Å². The van der Waals surface area contributed by atoms with Crippen molar-refractivity contribution >= 4 is 26.0 Å². The Bertz CT molecular complexity index is 569. The maximum atomic E-state index is 12.7. The molecule has 1 heterocycles. The van der Waals surface area contributed by atoms with Gasteiger partial charge in [-0.3, -0.25) is 0 Å². The third-order valence-corrected chi connectivity index (χ3v) is 6.27. The van der Waals surface area contributed by atoms with Crippen molar-refractivity contribution in [3.8, 4) is 0 Å². The molecule has 0 atom stereocenters. The van der Waals surface area contributed by atoms with Crippen molar-refractivity contribution in [1.82, 2.24) is 9.62 Å². The van der Waals surface area contributed by atoms with E-state index in [2.05, 4.69) is 21.2 Å². The summed E-state index contributed by atoms with van der Waals surface area (Å²) in [6.45, 7) is 4.39. The Morgan fingerprint density at radius 3 is 2.65 bits per heavy atom. The largest absolute Gasteiger partial charge is 0.317 e. The van der Waals surface area contributed by atoms with Crippen LogP contribution in [-0.2, 0) is 10.0 Å². The molecule has 2 rings (SSSR count). The molecule has 0 spiro atoms. The summed E-state index contributed by atoms with van der Waals surface area (Å²) in [6.07, 6.45) is 2.08. The molecular formula is C14H21BrN2O2S. The van der Waals surface area contributed by atoms with Gasteiger partial charge in [-0.05, 0) is 56.5 Å². The van der Waals surface area contributed by atoms with Crippen LogP contribution in [-0.4, -0.2) is 39.4 Å². The number of rotatable bonds is 4. The maximum Gasteiger partial charge on any atom is 0.243 e. The molecular weight excluding hydrogens is 340 g/mol. The molecule has 0 saturated carbocycles. The van der Waals surface area contributed by atoms with Crippen molar-refractivity contribution in [2.75, 3.05) is 26.7 Å². The van der Waals surface area contributed by atoms with Crippen molar-refractivity contribution in [2.45, 2.75) is 24.7 Å². The van der Waals surface area contributed by atoms with E-state index in [1.54, 1.807) is 13.1 Å². The zero-order valence-electron chi connectivity index (χ0n) is 11.9. The minimum absolute atomic E-state index is 0.392. The average molecular weight is 361 g/mol. The highest BCUT2D eigenvalue weighted by Crippen LogP contribution is 2.24. The predicted molar refractivity (Wildman–Crippen MR) is 84.3 cm³/mol. The SMILES string of the molecule is Cc1ccc(Br)cc1S(=O)(=O)N(C)CC1CCNCC1. The molecule has 0 unspecified atom stereocenters. The number of nitrogens with one attached hydrogen (secondary N) is 1. The molecule has 1 aromatic carbocycles. The molecule has 112 valence electrons. The maximum absolute atomic E-state index is 12.7. The van der Waals surface area contributed by atoms with Crippen LogP contribution in [0.1, 0.15) is 18.4 Å². The quantitative estimate of drug-likeness (QED) is 0.896. The van der Waals surface area contributed by atoms with Gasteiger partial charge in [-0.25, -0.2) is 12.7 Å². The van der Waals surface area contributed by atoms with Crippen LogP contribution in [0.3, 0.4) is 0 Å². The summed E-state index contributed by atoms with van der Waals surface area (Å²) in [6, 6.07) is 5.38. The van der Waals surface area contributed by atoms with Gasteiger partial charge >= 0.3 is 0 Å². The van der Waals surface area contributed by atoms with E-state index in [1.165, 1.54) is 4.31 Å². The molecule has 0 radical (unpaired) electrons. The first kappa shape index (κ1) is 15.9. The van der Waals surface area contributed by atoms with E-state index in [-0.39, 0.29) is 0 Å². The molecule has 1 aromatic rings. The molecule has 0 amide bonds. The Labute approximate surface area is 129 Å². The third-order valence-electron chi connectivity index (χ3n) is 3.81. The van der Waals surface area contributed by atoms with Crippen LogP contribution in [0, 0.1) is 12.8 Å². The Kier molecular flexibility index (Phi) is 5.23. The van der Waals surface area contributed by atoms with Crippen molar-refractivity contribution in [2.24, 2.45) is 5.92 Å². The standard InChI is InChI=1S/C14H21BrN2O2S/c1-11-3-4-13(15)9-14(11)20(18,19)17(2)10-12-5-7-16-8-6-12/h3-4,9,12,16H,5-8,10H2,1-2H3. The second kappa shape index (κ2) is 6.56. The van der Waals surface area contributed by atoms with Gasteiger partial charge < -0.3 is 5.32 Å². The number of hydrogen-bond donors (Lipinski definition) is 1. The minimum Gasteiger partial charge on any atom is -0.317 e. The van der Waals surface area contributed by atoms with E-state index < -0.39 is 10.0 Å². The van der Waals surface area contributed by atoms with Gasteiger partial charge in [0.05, 0.1) is 4.90 Å². The van der Waals surface area contributed by atoms with E-state index in [0.717, 1.165) is 36.0 Å². The van der Waals surface area contributed by atoms with Gasteiger partial charge in [-0.15, -0.1) is 0 Å². The molecule has 1 aliphatic rings. The normalized spacial score (nSPS) is 17.6. The van der Waals surface area contributed by atoms with Crippen LogP contribution < -0.4 is 5.32 Å². The monoisotopic (exact) mass is 360 g/mol. The number of nitrogens with zero attached hydrogens (tertiary/aromatic N) is 1. The molecule has 0 aliphatic carbocycles. The molecule has 20 heavy (non-hydrogen) atoms. The summed E-state index contributed by atoms with van der Waals surface area (Å²) in [5, 5.41) is 3.30. The molecule has 1 saturated heterocycles. The zero-order valence-corrected chi connectivity index (χ0v) is 14.3. The first-order valence-electron chi connectivity index (χ1n) is 6.84. The lowest BCUT2D eigenvalue weighted by atomic mass is 9.98. The van der Waals surface area contributed by atoms with Gasteiger partial charge in [0.2, 0.25) is 10.0 Å². The summed E-state index contributed by atoms with van der Waals surface area (Å²) in [5.74, 6) is 0.448. The van der Waals surface area contributed by atoms with Gasteiger partial charge in [-0.1, -0.05) is 22.0 Å². The number of aryl methyl sites for hydroxylation is 1. The highest BCUT2D eigenvalue weighted by molar-refractivity contribution is 9.10. The Morgan fingerprint density at radius 1 is 1.35 bits per heavy atom. The smallest absolute Gasteiger partial charge is 0.243 e. The van der Waals surface area contributed by atoms with Crippen LogP contribution >= 0.6 is 15.9 Å². The topological polar surface area (TPSA) is 49.4 Å². The molecule has 0 aromatic heterocycles. The fourth-order valence-corrected chi connectivity index (χ4v) is 4.55. The average Bonchev–Trinajstić information content (AvgIpc) is 2.42. The number of benzene rings is 1. The predicted octanol–water partition coefficient (Wildman–Crippen LogP) is 2.38. The highest BCUT2D eigenvalue weighted by atomic mass is 79.9. The highest BCUT2D eigenvalue weighted by Gasteiger charge is 2.26. The fraction of sp³-hybridized carbons (Fsp3) is 0.571. The number of halogens is 1. The van der Waals surface area contributed by atoms with Crippen molar-refractivity contribution < 1.29 is 8.42 Å². The molecule has 6 heteroatoms. The fourth-order valence-electron chi connectivity index (χ4n) is 2.55. The summed E-state index contributed by atoms with van der Waals surface area (Å²) >= 11 is 3.35. The Morgan fingerprint density at radius 2 is 2.00 bits per heavy atom. The van der Waals surface area contributed by atoms with E-state index in [1.807, 2.05) is 19.1 Å². The van der Waals surface area contributed by atoms with Crippen LogP contribution in [0.15, 0.2) is 27.6 Å². The van der Waals surface area contributed by atoms with Gasteiger partial charge in [0.15, 0.2) is 0 Å². The third kappa shape index (κ3) is 3.61. The first-order valence-corrected chi connectivity index (χ1v) is 9.08. The first-order chi connectivity index (χ1) is 9.41. The summed E-state index contributed by atoms with van der Waals surface area (Å²) in [7, 11) is -1.73. The Balaban J connectivity index is 2.18. The lowest BCUT2D eigenvalue weighted by molar-refractivity contribution is 0.311. The van der Waals surface area contributed by atoms with Gasteiger partial charge in [0, 0.05) is 18.1 Å². The van der Waals surface area contributed by atoms with Gasteiger partial charge in [0.1, 0.15) is 0 Å². The van der Waals surface area contributed by atoms with E-state index in [4.69, 9.17) is 0 Å². The number of hydrogen-bond acceptors (Lipinski definition) is 3. The molecule has 0 bridgehead atoms. The van der Waals surface area contributed by atoms with E-state index >= 15 is 0 Å². The summed E-state index contributed by atoms with van der Waals surface area (Å²) in [4.78, 5) is 0.392. The molecule has 1 aliphatic heterocycles. The van der Waals surface area contributed by atoms with Crippen molar-refractivity contribution in [1.29, 1.82) is 0 Å². The lowest BCUT2D eigenvalue weighted by Crippen LogP contribution is -2.37. The minimum atomic E-state index is -3.41. The molecule has 1 fully saturated rings. The Hall–Kier alpha value is -0.430. The van der Waals surface area contributed by atoms with Crippen molar-refractivity contribution in [3.05, 3.63) is 28.2 Å². The van der Waals surface area contributed by atoms with Gasteiger partial charge in [-0.2, -0.15) is 0 Å². The summed E-state index contributed by atoms with van der Waals surface area (Å²) < 4.78 is 27.6.